The molecule has 8 heteroatoms. The Kier molecular flexibility index (Phi) is 6.75. The van der Waals surface area contributed by atoms with E-state index in [4.69, 9.17) is 4.74 Å². The summed E-state index contributed by atoms with van der Waals surface area (Å²) >= 11 is 0. The first kappa shape index (κ1) is 21.8. The number of aromatic nitrogens is 1. The quantitative estimate of drug-likeness (QED) is 0.399. The van der Waals surface area contributed by atoms with Crippen molar-refractivity contribution in [1.29, 1.82) is 0 Å². The van der Waals surface area contributed by atoms with Crippen molar-refractivity contribution in [3.05, 3.63) is 90.5 Å². The van der Waals surface area contributed by atoms with Crippen LogP contribution in [-0.2, 0) is 16.1 Å². The molecule has 4 rings (SSSR count). The van der Waals surface area contributed by atoms with Crippen LogP contribution in [0.2, 0.25) is 0 Å². The van der Waals surface area contributed by atoms with Gasteiger partial charge in [-0.15, -0.1) is 10.2 Å². The number of carbonyl (C=O) groups excluding carboxylic acids is 2. The zero-order chi connectivity index (χ0) is 23.0. The highest BCUT2D eigenvalue weighted by Crippen LogP contribution is 2.39. The summed E-state index contributed by atoms with van der Waals surface area (Å²) in [7, 11) is 0. The molecule has 0 atom stereocenters. The number of para-hydroxylation sites is 2. The van der Waals surface area contributed by atoms with Crippen LogP contribution in [0.4, 0.5) is 5.69 Å². The molecule has 2 N–H and O–H groups in total. The van der Waals surface area contributed by atoms with E-state index >= 15 is 0 Å². The molecule has 0 spiro atoms. The highest BCUT2D eigenvalue weighted by Gasteiger charge is 2.17. The van der Waals surface area contributed by atoms with E-state index in [1.807, 2.05) is 54.6 Å². The highest BCUT2D eigenvalue weighted by molar-refractivity contribution is 5.95. The van der Waals surface area contributed by atoms with Crippen LogP contribution in [0, 0.1) is 0 Å². The molecule has 0 aliphatic rings. The summed E-state index contributed by atoms with van der Waals surface area (Å²) in [5.74, 6) is -0.634. The molecule has 0 fully saturated rings. The Morgan fingerprint density at radius 1 is 0.909 bits per heavy atom. The molecule has 166 valence electrons. The molecule has 1 heterocycles. The zero-order valence-electron chi connectivity index (χ0n) is 17.7. The summed E-state index contributed by atoms with van der Waals surface area (Å²) in [4.78, 5) is 24.0. The van der Waals surface area contributed by atoms with Gasteiger partial charge in [0, 0.05) is 5.39 Å². The number of aromatic hydroxyl groups is 1. The van der Waals surface area contributed by atoms with E-state index < -0.39 is 11.8 Å². The maximum atomic E-state index is 12.1. The van der Waals surface area contributed by atoms with Crippen LogP contribution in [0.3, 0.4) is 0 Å². The topological polar surface area (TPSA) is 105 Å². The van der Waals surface area contributed by atoms with Crippen LogP contribution in [0.15, 0.2) is 95.2 Å². The first-order chi connectivity index (χ1) is 16.1. The molecule has 0 aliphatic heterocycles. The molecule has 0 bridgehead atoms. The summed E-state index contributed by atoms with van der Waals surface area (Å²) in [6.45, 7) is -0.111. The van der Waals surface area contributed by atoms with Crippen molar-refractivity contribution >= 4 is 28.4 Å². The Labute approximate surface area is 190 Å². The van der Waals surface area contributed by atoms with Gasteiger partial charge in [0.1, 0.15) is 12.3 Å². The number of hydrogen-bond donors (Lipinski definition) is 2. The van der Waals surface area contributed by atoms with Crippen LogP contribution in [0.25, 0.3) is 10.9 Å². The second kappa shape index (κ2) is 10.2. The Balaban J connectivity index is 1.41. The van der Waals surface area contributed by atoms with Gasteiger partial charge >= 0.3 is 0 Å². The Morgan fingerprint density at radius 2 is 1.58 bits per heavy atom. The van der Waals surface area contributed by atoms with Crippen molar-refractivity contribution in [2.24, 2.45) is 10.2 Å². The lowest BCUT2D eigenvalue weighted by molar-refractivity contribution is -0.126. The third-order valence-corrected chi connectivity index (χ3v) is 4.91. The van der Waals surface area contributed by atoms with Gasteiger partial charge in [-0.05, 0) is 23.8 Å². The molecular formula is C25H22N4O4. The van der Waals surface area contributed by atoms with E-state index in [1.54, 1.807) is 34.9 Å². The highest BCUT2D eigenvalue weighted by atomic mass is 16.5. The second-order valence-electron chi connectivity index (χ2n) is 7.23. The number of amides is 2. The Morgan fingerprint density at radius 3 is 2.33 bits per heavy atom. The number of nitrogens with zero attached hydrogens (tertiary/aromatic N) is 3. The van der Waals surface area contributed by atoms with Crippen molar-refractivity contribution in [3.63, 3.8) is 0 Å². The van der Waals surface area contributed by atoms with Gasteiger partial charge in [-0.1, -0.05) is 66.7 Å². The molecule has 1 aromatic heterocycles. The number of hydrogen-bond acceptors (Lipinski definition) is 5. The van der Waals surface area contributed by atoms with Crippen LogP contribution in [0.1, 0.15) is 5.56 Å². The van der Waals surface area contributed by atoms with E-state index in [9.17, 15) is 14.7 Å². The van der Waals surface area contributed by atoms with E-state index in [0.717, 1.165) is 11.1 Å². The molecular weight excluding hydrogens is 420 g/mol. The smallest absolute Gasteiger partial charge is 0.283 e. The maximum Gasteiger partial charge on any atom is 0.283 e. The number of rotatable bonds is 8. The summed E-state index contributed by atoms with van der Waals surface area (Å²) in [6, 6.07) is 25.9. The Hall–Kier alpha value is -4.46. The fraction of sp³-hybridized carbons (Fsp3) is 0.120. The lowest BCUT2D eigenvalue weighted by atomic mass is 10.2. The third kappa shape index (κ3) is 5.43. The van der Waals surface area contributed by atoms with Crippen molar-refractivity contribution in [2.45, 2.75) is 6.54 Å². The van der Waals surface area contributed by atoms with Crippen molar-refractivity contribution < 1.29 is 19.4 Å². The minimum atomic E-state index is -0.651. The molecule has 0 aliphatic carbocycles. The fourth-order valence-corrected chi connectivity index (χ4v) is 3.33. The van der Waals surface area contributed by atoms with Crippen molar-refractivity contribution in [3.8, 4) is 11.6 Å². The zero-order valence-corrected chi connectivity index (χ0v) is 17.7. The number of carbonyl (C=O) groups is 2. The number of ether oxygens (including phenoxy) is 1. The third-order valence-electron chi connectivity index (χ3n) is 4.91. The van der Waals surface area contributed by atoms with Gasteiger partial charge in [0.05, 0.1) is 12.1 Å². The van der Waals surface area contributed by atoms with E-state index in [-0.39, 0.29) is 24.7 Å². The molecule has 2 amide bonds. The predicted molar refractivity (Wildman–Crippen MR) is 124 cm³/mol. The van der Waals surface area contributed by atoms with Crippen molar-refractivity contribution in [2.75, 3.05) is 13.2 Å². The molecule has 8 nitrogen and oxygen atoms in total. The molecule has 4 aromatic rings. The van der Waals surface area contributed by atoms with Gasteiger partial charge in [0.2, 0.25) is 5.88 Å². The lowest BCUT2D eigenvalue weighted by Gasteiger charge is -2.07. The van der Waals surface area contributed by atoms with Crippen molar-refractivity contribution in [1.82, 2.24) is 9.88 Å². The van der Waals surface area contributed by atoms with Gasteiger partial charge < -0.3 is 19.7 Å². The number of azo groups is 1. The molecule has 0 unspecified atom stereocenters. The monoisotopic (exact) mass is 442 g/mol. The van der Waals surface area contributed by atoms with E-state index in [2.05, 4.69) is 15.5 Å². The minimum Gasteiger partial charge on any atom is -0.493 e. The van der Waals surface area contributed by atoms with Crippen LogP contribution < -0.4 is 10.1 Å². The van der Waals surface area contributed by atoms with Gasteiger partial charge in [-0.25, -0.2) is 0 Å². The summed E-state index contributed by atoms with van der Waals surface area (Å²) in [6.07, 6.45) is 0. The van der Waals surface area contributed by atoms with Crippen LogP contribution in [-0.4, -0.2) is 34.6 Å². The first-order valence-electron chi connectivity index (χ1n) is 10.3. The summed E-state index contributed by atoms with van der Waals surface area (Å²) in [5, 5.41) is 21.6. The standard InChI is InChI=1S/C25H22N4O4/c30-22(15-26-23(31)17-33-19-11-5-2-6-12-19)27-28-24-20-13-7-8-14-21(20)29(25(24)32)16-18-9-3-1-4-10-18/h1-14,32H,15-17H2,(H,26,31). The van der Waals surface area contributed by atoms with E-state index in [0.29, 0.717) is 17.7 Å². The first-order valence-corrected chi connectivity index (χ1v) is 10.3. The lowest BCUT2D eigenvalue weighted by Crippen LogP contribution is -2.32. The molecule has 0 saturated heterocycles. The number of benzene rings is 3. The largest absolute Gasteiger partial charge is 0.493 e. The van der Waals surface area contributed by atoms with Gasteiger partial charge in [-0.2, -0.15) is 0 Å². The number of nitrogens with one attached hydrogen (secondary N) is 1. The molecule has 33 heavy (non-hydrogen) atoms. The van der Waals surface area contributed by atoms with Gasteiger partial charge in [0.25, 0.3) is 11.8 Å². The van der Waals surface area contributed by atoms with Crippen LogP contribution >= 0.6 is 0 Å². The average Bonchev–Trinajstić information content (AvgIpc) is 3.12. The maximum absolute atomic E-state index is 12.1. The predicted octanol–water partition coefficient (Wildman–Crippen LogP) is 4.20. The number of fused-ring (bicyclic) bond motifs is 1. The fourth-order valence-electron chi connectivity index (χ4n) is 3.33. The summed E-state index contributed by atoms with van der Waals surface area (Å²) in [5.41, 5.74) is 1.98. The minimum absolute atomic E-state index is 0.0862. The van der Waals surface area contributed by atoms with Gasteiger partial charge in [0.15, 0.2) is 12.3 Å². The van der Waals surface area contributed by atoms with Crippen LogP contribution in [0.5, 0.6) is 11.6 Å². The molecule has 0 radical (unpaired) electrons. The second-order valence-corrected chi connectivity index (χ2v) is 7.23. The van der Waals surface area contributed by atoms with Gasteiger partial charge in [-0.3, -0.25) is 9.59 Å². The molecule has 0 saturated carbocycles. The Bertz CT molecular complexity index is 1280. The molecule has 3 aromatic carbocycles. The summed E-state index contributed by atoms with van der Waals surface area (Å²) < 4.78 is 7.05. The normalized spacial score (nSPS) is 11.0. The average molecular weight is 442 g/mol. The SMILES string of the molecule is O=C(CNC(=O)COc1ccccc1)N=Nc1c(O)n(Cc2ccccc2)c2ccccc12. The van der Waals surface area contributed by atoms with E-state index in [1.165, 1.54) is 0 Å².